The fourth-order valence-corrected chi connectivity index (χ4v) is 4.91. The zero-order chi connectivity index (χ0) is 18.8. The van der Waals surface area contributed by atoms with Gasteiger partial charge in [0.15, 0.2) is 6.10 Å². The first-order valence-corrected chi connectivity index (χ1v) is 10.1. The molecule has 1 aromatic carbocycles. The molecule has 7 heteroatoms. The Kier molecular flexibility index (Phi) is 5.67. The van der Waals surface area contributed by atoms with E-state index in [-0.39, 0.29) is 5.91 Å². The van der Waals surface area contributed by atoms with Crippen molar-refractivity contribution in [3.05, 3.63) is 44.7 Å². The summed E-state index contributed by atoms with van der Waals surface area (Å²) in [5, 5.41) is 3.37. The van der Waals surface area contributed by atoms with Crippen molar-refractivity contribution in [1.29, 1.82) is 0 Å². The molecule has 0 saturated carbocycles. The molecule has 5 nitrogen and oxygen atoms in total. The third-order valence-electron chi connectivity index (χ3n) is 4.47. The molecule has 2 atom stereocenters. The number of carbonyl (C=O) groups excluding carboxylic acids is 2. The maximum atomic E-state index is 12.6. The van der Waals surface area contributed by atoms with E-state index in [9.17, 15) is 9.59 Å². The molecule has 0 bridgehead atoms. The van der Waals surface area contributed by atoms with Crippen LogP contribution in [0.25, 0.3) is 0 Å². The molecule has 0 radical (unpaired) electrons. The number of nitrogens with one attached hydrogen (secondary N) is 1. The molecule has 1 aliphatic rings. The van der Waals surface area contributed by atoms with Crippen LogP contribution in [0.4, 0.5) is 5.00 Å². The third-order valence-corrected chi connectivity index (χ3v) is 6.14. The van der Waals surface area contributed by atoms with Crippen LogP contribution in [0.15, 0.2) is 28.7 Å². The van der Waals surface area contributed by atoms with E-state index in [2.05, 4.69) is 28.2 Å². The number of hydrogen-bond acceptors (Lipinski definition) is 4. The highest BCUT2D eigenvalue weighted by Crippen LogP contribution is 2.39. The summed E-state index contributed by atoms with van der Waals surface area (Å²) in [5.74, 6) is 0.368. The summed E-state index contributed by atoms with van der Waals surface area (Å²) in [4.78, 5) is 25.7. The van der Waals surface area contributed by atoms with Crippen molar-refractivity contribution in [2.75, 3.05) is 5.32 Å². The molecule has 0 aliphatic heterocycles. The van der Waals surface area contributed by atoms with Gasteiger partial charge in [-0.3, -0.25) is 9.59 Å². The van der Waals surface area contributed by atoms with Crippen LogP contribution in [0, 0.1) is 5.92 Å². The van der Waals surface area contributed by atoms with E-state index in [0.29, 0.717) is 22.2 Å². The molecular weight excluding hydrogens is 416 g/mol. The molecule has 138 valence electrons. The summed E-state index contributed by atoms with van der Waals surface area (Å²) in [6.07, 6.45) is 2.06. The van der Waals surface area contributed by atoms with Gasteiger partial charge in [-0.05, 0) is 55.9 Å². The van der Waals surface area contributed by atoms with Crippen molar-refractivity contribution in [3.8, 4) is 5.75 Å². The molecule has 3 rings (SSSR count). The molecule has 2 aromatic rings. The van der Waals surface area contributed by atoms with E-state index >= 15 is 0 Å². The van der Waals surface area contributed by atoms with Crippen LogP contribution in [0.3, 0.4) is 0 Å². The van der Waals surface area contributed by atoms with Gasteiger partial charge in [0.05, 0.1) is 5.56 Å². The van der Waals surface area contributed by atoms with Gasteiger partial charge in [-0.25, -0.2) is 0 Å². The first-order chi connectivity index (χ1) is 12.3. The number of halogens is 1. The van der Waals surface area contributed by atoms with Crippen LogP contribution in [-0.4, -0.2) is 17.9 Å². The van der Waals surface area contributed by atoms with E-state index in [1.54, 1.807) is 19.1 Å². The molecule has 3 N–H and O–H groups in total. The normalized spacial score (nSPS) is 17.3. The molecule has 0 spiro atoms. The number of rotatable bonds is 5. The Morgan fingerprint density at radius 1 is 1.42 bits per heavy atom. The maximum absolute atomic E-state index is 12.6. The number of hydrogen-bond donors (Lipinski definition) is 2. The lowest BCUT2D eigenvalue weighted by atomic mass is 9.88. The predicted octanol–water partition coefficient (Wildman–Crippen LogP) is 4.14. The van der Waals surface area contributed by atoms with Crippen LogP contribution in [0.1, 0.15) is 41.1 Å². The first kappa shape index (κ1) is 18.9. The summed E-state index contributed by atoms with van der Waals surface area (Å²) in [5.41, 5.74) is 7.04. The number of benzene rings is 1. The van der Waals surface area contributed by atoms with Crippen LogP contribution in [0.5, 0.6) is 5.75 Å². The van der Waals surface area contributed by atoms with E-state index in [1.807, 2.05) is 12.1 Å². The number of primary amides is 1. The molecule has 1 aliphatic carbocycles. The van der Waals surface area contributed by atoms with Crippen LogP contribution in [-0.2, 0) is 17.6 Å². The predicted molar refractivity (Wildman–Crippen MR) is 107 cm³/mol. The smallest absolute Gasteiger partial charge is 0.265 e. The number of nitrogens with two attached hydrogens (primary N) is 1. The molecule has 1 aromatic heterocycles. The van der Waals surface area contributed by atoms with Crippen molar-refractivity contribution < 1.29 is 14.3 Å². The van der Waals surface area contributed by atoms with Crippen molar-refractivity contribution >= 4 is 44.1 Å². The summed E-state index contributed by atoms with van der Waals surface area (Å²) < 4.78 is 6.57. The first-order valence-electron chi connectivity index (χ1n) is 8.52. The van der Waals surface area contributed by atoms with Gasteiger partial charge >= 0.3 is 0 Å². The fourth-order valence-electron chi connectivity index (χ4n) is 3.11. The van der Waals surface area contributed by atoms with Gasteiger partial charge in [0.2, 0.25) is 0 Å². The number of amides is 2. The minimum absolute atomic E-state index is 0.306. The van der Waals surface area contributed by atoms with Gasteiger partial charge in [-0.1, -0.05) is 28.9 Å². The molecule has 1 heterocycles. The highest BCUT2D eigenvalue weighted by atomic mass is 79.9. The van der Waals surface area contributed by atoms with Gasteiger partial charge in [0.25, 0.3) is 11.8 Å². The molecule has 2 amide bonds. The Balaban J connectivity index is 1.77. The lowest BCUT2D eigenvalue weighted by Gasteiger charge is -2.18. The molecular formula is C19H21BrN2O3S. The standard InChI is InChI=1S/C19H21BrN2O3S/c1-10-6-7-14-15(8-10)26-19(16(14)17(21)23)22-18(24)11(2)25-13-5-3-4-12(20)9-13/h3-5,9-11H,6-8H2,1-2H3,(H2,21,23)(H,22,24)/t10-,11-/m1/s1. The fraction of sp³-hybridized carbons (Fsp3) is 0.368. The van der Waals surface area contributed by atoms with Crippen LogP contribution < -0.4 is 15.8 Å². The lowest BCUT2D eigenvalue weighted by molar-refractivity contribution is -0.122. The van der Waals surface area contributed by atoms with Crippen molar-refractivity contribution in [1.82, 2.24) is 0 Å². The van der Waals surface area contributed by atoms with E-state index in [4.69, 9.17) is 10.5 Å². The Bertz CT molecular complexity index is 849. The Hall–Kier alpha value is -1.86. The molecule has 0 saturated heterocycles. The number of ether oxygens (including phenoxy) is 1. The minimum atomic E-state index is -0.705. The zero-order valence-corrected chi connectivity index (χ0v) is 17.1. The van der Waals surface area contributed by atoms with Gasteiger partial charge in [0, 0.05) is 9.35 Å². The Morgan fingerprint density at radius 3 is 2.88 bits per heavy atom. The van der Waals surface area contributed by atoms with E-state index in [0.717, 1.165) is 34.2 Å². The largest absolute Gasteiger partial charge is 0.481 e. The summed E-state index contributed by atoms with van der Waals surface area (Å²) in [6.45, 7) is 3.87. The molecule has 26 heavy (non-hydrogen) atoms. The van der Waals surface area contributed by atoms with Gasteiger partial charge in [0.1, 0.15) is 10.8 Å². The number of anilines is 1. The Morgan fingerprint density at radius 2 is 2.19 bits per heavy atom. The molecule has 0 fully saturated rings. The second-order valence-electron chi connectivity index (χ2n) is 6.63. The SMILES string of the molecule is C[C@@H]1CCc2c(sc(NC(=O)[C@@H](C)Oc3cccc(Br)c3)c2C(N)=O)C1. The second-order valence-corrected chi connectivity index (χ2v) is 8.65. The summed E-state index contributed by atoms with van der Waals surface area (Å²) >= 11 is 4.83. The quantitative estimate of drug-likeness (QED) is 0.738. The topological polar surface area (TPSA) is 81.4 Å². The highest BCUT2D eigenvalue weighted by molar-refractivity contribution is 9.10. The average molecular weight is 437 g/mol. The monoisotopic (exact) mass is 436 g/mol. The lowest BCUT2D eigenvalue weighted by Crippen LogP contribution is -2.30. The molecule has 0 unspecified atom stereocenters. The van der Waals surface area contributed by atoms with Crippen molar-refractivity contribution in [2.45, 2.75) is 39.2 Å². The number of fused-ring (bicyclic) bond motifs is 1. The Labute approximate surface area is 165 Å². The van der Waals surface area contributed by atoms with E-state index < -0.39 is 12.0 Å². The maximum Gasteiger partial charge on any atom is 0.265 e. The minimum Gasteiger partial charge on any atom is -0.481 e. The summed E-state index contributed by atoms with van der Waals surface area (Å²) in [6, 6.07) is 7.30. The van der Waals surface area contributed by atoms with E-state index in [1.165, 1.54) is 11.3 Å². The number of carbonyl (C=O) groups is 2. The van der Waals surface area contributed by atoms with Crippen LogP contribution >= 0.6 is 27.3 Å². The summed E-state index contributed by atoms with van der Waals surface area (Å²) in [7, 11) is 0. The number of thiophene rings is 1. The average Bonchev–Trinajstić information content (AvgIpc) is 2.91. The van der Waals surface area contributed by atoms with Crippen molar-refractivity contribution in [3.63, 3.8) is 0 Å². The second kappa shape index (κ2) is 7.80. The third kappa shape index (κ3) is 4.10. The highest BCUT2D eigenvalue weighted by Gasteiger charge is 2.28. The van der Waals surface area contributed by atoms with Gasteiger partial charge in [-0.2, -0.15) is 0 Å². The van der Waals surface area contributed by atoms with Crippen molar-refractivity contribution in [2.24, 2.45) is 11.7 Å². The van der Waals surface area contributed by atoms with Gasteiger partial charge in [-0.15, -0.1) is 11.3 Å². The zero-order valence-electron chi connectivity index (χ0n) is 14.7. The van der Waals surface area contributed by atoms with Gasteiger partial charge < -0.3 is 15.8 Å². The van der Waals surface area contributed by atoms with Crippen LogP contribution in [0.2, 0.25) is 0 Å².